The van der Waals surface area contributed by atoms with Crippen LogP contribution >= 0.6 is 0 Å². The molecule has 7 nitrogen and oxygen atoms in total. The molecule has 0 spiro atoms. The Hall–Kier alpha value is -2.83. The lowest BCUT2D eigenvalue weighted by atomic mass is 10.1. The molecule has 3 aromatic rings. The van der Waals surface area contributed by atoms with Crippen molar-refractivity contribution in [1.82, 2.24) is 25.1 Å². The van der Waals surface area contributed by atoms with Gasteiger partial charge in [-0.2, -0.15) is 4.98 Å². The normalized spacial score (nSPS) is 10.7. The van der Waals surface area contributed by atoms with Crippen LogP contribution in [0.5, 0.6) is 0 Å². The number of carbonyl (C=O) groups excluding carboxylic acids is 1. The van der Waals surface area contributed by atoms with Crippen molar-refractivity contribution in [3.05, 3.63) is 47.5 Å². The molecule has 0 saturated heterocycles. The highest BCUT2D eigenvalue weighted by atomic mass is 16.5. The van der Waals surface area contributed by atoms with E-state index in [9.17, 15) is 4.79 Å². The van der Waals surface area contributed by atoms with Crippen molar-refractivity contribution in [2.45, 2.75) is 13.5 Å². The number of carbonyl (C=O) groups is 1. The van der Waals surface area contributed by atoms with Crippen molar-refractivity contribution >= 4 is 6.29 Å². The Kier molecular flexibility index (Phi) is 3.08. The third kappa shape index (κ3) is 2.46. The number of hydrogen-bond acceptors (Lipinski definition) is 6. The summed E-state index contributed by atoms with van der Waals surface area (Å²) in [5.74, 6) is 0.929. The van der Waals surface area contributed by atoms with E-state index >= 15 is 0 Å². The number of rotatable bonds is 4. The lowest BCUT2D eigenvalue weighted by molar-refractivity contribution is 0.111. The van der Waals surface area contributed by atoms with Crippen LogP contribution in [0.25, 0.3) is 11.5 Å². The molecule has 7 heteroatoms. The molecule has 0 N–H and O–H groups in total. The smallest absolute Gasteiger partial charge is 0.257 e. The highest BCUT2D eigenvalue weighted by molar-refractivity contribution is 5.70. The quantitative estimate of drug-likeness (QED) is 0.667. The molecular formula is C13H11N5O2. The van der Waals surface area contributed by atoms with E-state index in [1.807, 2.05) is 31.2 Å². The van der Waals surface area contributed by atoms with Gasteiger partial charge in [0.25, 0.3) is 5.89 Å². The number of aromatic nitrogens is 5. The minimum atomic E-state index is 0.271. The molecule has 20 heavy (non-hydrogen) atoms. The summed E-state index contributed by atoms with van der Waals surface area (Å²) in [6, 6.07) is 7.80. The summed E-state index contributed by atoms with van der Waals surface area (Å²) in [6.45, 7) is 2.31. The van der Waals surface area contributed by atoms with Crippen LogP contribution in [-0.4, -0.2) is 31.4 Å². The number of nitrogens with zero attached hydrogens (tertiary/aromatic N) is 5. The highest BCUT2D eigenvalue weighted by Crippen LogP contribution is 2.17. The van der Waals surface area contributed by atoms with Crippen LogP contribution in [-0.2, 0) is 6.54 Å². The molecule has 0 saturated carbocycles. The van der Waals surface area contributed by atoms with Crippen molar-refractivity contribution in [1.29, 1.82) is 0 Å². The van der Waals surface area contributed by atoms with Crippen molar-refractivity contribution in [2.24, 2.45) is 0 Å². The maximum absolute atomic E-state index is 10.5. The van der Waals surface area contributed by atoms with E-state index in [-0.39, 0.29) is 5.69 Å². The monoisotopic (exact) mass is 269 g/mol. The first-order chi connectivity index (χ1) is 9.74. The molecule has 0 aliphatic heterocycles. The van der Waals surface area contributed by atoms with Crippen molar-refractivity contribution in [2.75, 3.05) is 0 Å². The molecule has 0 radical (unpaired) electrons. The Labute approximate surface area is 114 Å². The summed E-state index contributed by atoms with van der Waals surface area (Å²) in [5.41, 5.74) is 2.30. The minimum Gasteiger partial charge on any atom is -0.334 e. The number of aryl methyl sites for hydroxylation is 1. The molecule has 0 unspecified atom stereocenters. The summed E-state index contributed by atoms with van der Waals surface area (Å²) in [5, 5.41) is 11.3. The number of aldehydes is 1. The number of benzene rings is 1. The maximum Gasteiger partial charge on any atom is 0.257 e. The van der Waals surface area contributed by atoms with Crippen LogP contribution in [0.2, 0.25) is 0 Å². The molecule has 3 rings (SSSR count). The van der Waals surface area contributed by atoms with Crippen LogP contribution in [0, 0.1) is 6.92 Å². The van der Waals surface area contributed by atoms with Gasteiger partial charge in [0.2, 0.25) is 0 Å². The maximum atomic E-state index is 10.5. The second kappa shape index (κ2) is 5.04. The highest BCUT2D eigenvalue weighted by Gasteiger charge is 2.10. The second-order valence-electron chi connectivity index (χ2n) is 4.34. The zero-order valence-electron chi connectivity index (χ0n) is 10.7. The first kappa shape index (κ1) is 12.2. The Morgan fingerprint density at radius 1 is 1.30 bits per heavy atom. The Morgan fingerprint density at radius 2 is 2.10 bits per heavy atom. The Bertz CT molecular complexity index is 729. The van der Waals surface area contributed by atoms with E-state index < -0.39 is 0 Å². The molecule has 0 aliphatic rings. The molecule has 0 aliphatic carbocycles. The largest absolute Gasteiger partial charge is 0.334 e. The predicted octanol–water partition coefficient (Wildman–Crippen LogP) is 1.50. The van der Waals surface area contributed by atoms with Gasteiger partial charge in [-0.3, -0.25) is 4.79 Å². The summed E-state index contributed by atoms with van der Waals surface area (Å²) in [4.78, 5) is 14.8. The topological polar surface area (TPSA) is 86.7 Å². The van der Waals surface area contributed by atoms with Gasteiger partial charge in [0.05, 0.1) is 6.20 Å². The zero-order chi connectivity index (χ0) is 13.9. The molecule has 1 aromatic carbocycles. The second-order valence-corrected chi connectivity index (χ2v) is 4.34. The van der Waals surface area contributed by atoms with Crippen LogP contribution < -0.4 is 0 Å². The molecule has 100 valence electrons. The SMILES string of the molecule is Cc1ccc(-c2nc(Cn3cc(C=O)nn3)no2)cc1. The van der Waals surface area contributed by atoms with Crippen molar-refractivity contribution < 1.29 is 9.32 Å². The van der Waals surface area contributed by atoms with Gasteiger partial charge < -0.3 is 4.52 Å². The first-order valence-corrected chi connectivity index (χ1v) is 5.99. The predicted molar refractivity (Wildman–Crippen MR) is 69.0 cm³/mol. The molecule has 0 atom stereocenters. The summed E-state index contributed by atoms with van der Waals surface area (Å²) < 4.78 is 6.68. The number of hydrogen-bond donors (Lipinski definition) is 0. The van der Waals surface area contributed by atoms with E-state index in [4.69, 9.17) is 4.52 Å². The van der Waals surface area contributed by atoms with E-state index in [2.05, 4.69) is 20.5 Å². The molecular weight excluding hydrogens is 258 g/mol. The van der Waals surface area contributed by atoms with Crippen LogP contribution in [0.3, 0.4) is 0 Å². The van der Waals surface area contributed by atoms with E-state index in [1.165, 1.54) is 10.9 Å². The third-order valence-corrected chi connectivity index (χ3v) is 2.75. The van der Waals surface area contributed by atoms with Crippen LogP contribution in [0.1, 0.15) is 21.9 Å². The lowest BCUT2D eigenvalue weighted by Crippen LogP contribution is -2.02. The van der Waals surface area contributed by atoms with Crippen LogP contribution in [0.4, 0.5) is 0 Å². The summed E-state index contributed by atoms with van der Waals surface area (Å²) in [6.07, 6.45) is 2.16. The summed E-state index contributed by atoms with van der Waals surface area (Å²) in [7, 11) is 0. The van der Waals surface area contributed by atoms with E-state index in [0.29, 0.717) is 24.5 Å². The van der Waals surface area contributed by atoms with Gasteiger partial charge in [0.15, 0.2) is 12.1 Å². The standard InChI is InChI=1S/C13H11N5O2/c1-9-2-4-10(5-3-9)13-14-12(16-20-13)7-18-6-11(8-19)15-17-18/h2-6,8H,7H2,1H3. The average molecular weight is 269 g/mol. The average Bonchev–Trinajstić information content (AvgIpc) is 3.09. The van der Waals surface area contributed by atoms with Gasteiger partial charge in [-0.15, -0.1) is 5.10 Å². The Balaban J connectivity index is 1.79. The summed E-state index contributed by atoms with van der Waals surface area (Å²) >= 11 is 0. The van der Waals surface area contributed by atoms with Crippen molar-refractivity contribution in [3.63, 3.8) is 0 Å². The zero-order valence-corrected chi connectivity index (χ0v) is 10.7. The Morgan fingerprint density at radius 3 is 2.80 bits per heavy atom. The molecule has 2 aromatic heterocycles. The molecule has 0 fully saturated rings. The van der Waals surface area contributed by atoms with Crippen molar-refractivity contribution in [3.8, 4) is 11.5 Å². The van der Waals surface area contributed by atoms with Gasteiger partial charge in [-0.1, -0.05) is 28.1 Å². The first-order valence-electron chi connectivity index (χ1n) is 5.99. The minimum absolute atomic E-state index is 0.271. The van der Waals surface area contributed by atoms with E-state index in [0.717, 1.165) is 11.1 Å². The van der Waals surface area contributed by atoms with Crippen LogP contribution in [0.15, 0.2) is 35.0 Å². The lowest BCUT2D eigenvalue weighted by Gasteiger charge is -1.94. The van der Waals surface area contributed by atoms with Gasteiger partial charge >= 0.3 is 0 Å². The fraction of sp³-hybridized carbons (Fsp3) is 0.154. The molecule has 2 heterocycles. The molecule has 0 bridgehead atoms. The van der Waals surface area contributed by atoms with E-state index in [1.54, 1.807) is 0 Å². The van der Waals surface area contributed by atoms with Gasteiger partial charge in [0, 0.05) is 5.56 Å². The fourth-order valence-corrected chi connectivity index (χ4v) is 1.72. The fourth-order valence-electron chi connectivity index (χ4n) is 1.72. The van der Waals surface area contributed by atoms with Gasteiger partial charge in [0.1, 0.15) is 12.2 Å². The molecule has 0 amide bonds. The third-order valence-electron chi connectivity index (χ3n) is 2.75. The van der Waals surface area contributed by atoms with Gasteiger partial charge in [-0.25, -0.2) is 4.68 Å². The van der Waals surface area contributed by atoms with Gasteiger partial charge in [-0.05, 0) is 19.1 Å².